The van der Waals surface area contributed by atoms with Crippen LogP contribution >= 0.6 is 63.0 Å². The molecule has 3 aromatic rings. The quantitative estimate of drug-likeness (QED) is 0.461. The van der Waals surface area contributed by atoms with Crippen LogP contribution in [-0.4, -0.2) is 9.55 Å². The number of H-pyrrole nitrogens is 1. The van der Waals surface area contributed by atoms with E-state index in [-0.39, 0.29) is 0 Å². The van der Waals surface area contributed by atoms with Gasteiger partial charge in [-0.1, -0.05) is 40.9 Å². The lowest BCUT2D eigenvalue weighted by Gasteiger charge is -2.08. The fraction of sp³-hybridized carbons (Fsp3) is 0. The molecule has 0 amide bonds. The van der Waals surface area contributed by atoms with Gasteiger partial charge in [0.25, 0.3) is 0 Å². The first-order valence-electron chi connectivity index (χ1n) is 5.53. The van der Waals surface area contributed by atoms with Crippen LogP contribution in [0.2, 0.25) is 15.1 Å². The second-order valence-corrected chi connectivity index (χ2v) is 6.52. The Morgan fingerprint density at radius 1 is 1.05 bits per heavy atom. The smallest absolute Gasteiger partial charge is 0.182 e. The molecule has 0 unspecified atom stereocenters. The van der Waals surface area contributed by atoms with Crippen molar-refractivity contribution in [3.8, 4) is 5.69 Å². The van der Waals surface area contributed by atoms with E-state index in [1.165, 1.54) is 0 Å². The lowest BCUT2D eigenvalue weighted by atomic mass is 10.3. The number of aromatic nitrogens is 2. The number of benzene rings is 2. The third-order valence-electron chi connectivity index (χ3n) is 2.90. The van der Waals surface area contributed by atoms with Crippen molar-refractivity contribution in [3.63, 3.8) is 0 Å². The fourth-order valence-corrected chi connectivity index (χ4v) is 3.25. The minimum absolute atomic E-state index is 0.472. The first-order chi connectivity index (χ1) is 9.49. The van der Waals surface area contributed by atoms with Crippen LogP contribution in [0.1, 0.15) is 0 Å². The molecular formula is C13H6BrCl3N2S. The van der Waals surface area contributed by atoms with Crippen molar-refractivity contribution in [1.29, 1.82) is 0 Å². The van der Waals surface area contributed by atoms with E-state index in [1.807, 2.05) is 16.7 Å². The van der Waals surface area contributed by atoms with E-state index in [0.29, 0.717) is 19.8 Å². The summed E-state index contributed by atoms with van der Waals surface area (Å²) in [7, 11) is 0. The van der Waals surface area contributed by atoms with Gasteiger partial charge in [-0.05, 0) is 52.4 Å². The molecular weight excluding hydrogens is 402 g/mol. The molecule has 0 radical (unpaired) electrons. The van der Waals surface area contributed by atoms with Crippen LogP contribution < -0.4 is 0 Å². The van der Waals surface area contributed by atoms with E-state index < -0.39 is 0 Å². The normalized spacial score (nSPS) is 11.2. The maximum Gasteiger partial charge on any atom is 0.182 e. The number of aromatic amines is 1. The maximum atomic E-state index is 6.14. The summed E-state index contributed by atoms with van der Waals surface area (Å²) in [4.78, 5) is 3.11. The minimum Gasteiger partial charge on any atom is -0.330 e. The molecule has 0 aliphatic rings. The summed E-state index contributed by atoms with van der Waals surface area (Å²) in [6.45, 7) is 0. The molecule has 0 saturated carbocycles. The molecule has 1 heterocycles. The SMILES string of the molecule is S=c1[nH]c2cc(Cl)c(Cl)cc2n1-c1cccc(Cl)c1Br. The van der Waals surface area contributed by atoms with E-state index in [9.17, 15) is 0 Å². The lowest BCUT2D eigenvalue weighted by Crippen LogP contribution is -1.95. The van der Waals surface area contributed by atoms with Crippen molar-refractivity contribution in [3.05, 3.63) is 54.6 Å². The van der Waals surface area contributed by atoms with Crippen LogP contribution in [0, 0.1) is 4.77 Å². The Hall–Kier alpha value is -0.520. The van der Waals surface area contributed by atoms with Crippen molar-refractivity contribution in [1.82, 2.24) is 9.55 Å². The Morgan fingerprint density at radius 2 is 1.75 bits per heavy atom. The highest BCUT2D eigenvalue weighted by Crippen LogP contribution is 2.33. The van der Waals surface area contributed by atoms with Crippen LogP contribution in [0.25, 0.3) is 16.7 Å². The third-order valence-corrected chi connectivity index (χ3v) is 5.28. The monoisotopic (exact) mass is 406 g/mol. The second-order valence-electron chi connectivity index (χ2n) is 4.12. The Morgan fingerprint density at radius 3 is 2.50 bits per heavy atom. The highest BCUT2D eigenvalue weighted by atomic mass is 79.9. The number of hydrogen-bond acceptors (Lipinski definition) is 1. The highest BCUT2D eigenvalue weighted by Gasteiger charge is 2.13. The molecule has 3 rings (SSSR count). The molecule has 0 fully saturated rings. The zero-order chi connectivity index (χ0) is 14.4. The highest BCUT2D eigenvalue weighted by molar-refractivity contribution is 9.10. The zero-order valence-electron chi connectivity index (χ0n) is 9.75. The van der Waals surface area contributed by atoms with Crippen molar-refractivity contribution in [2.75, 3.05) is 0 Å². The van der Waals surface area contributed by atoms with Gasteiger partial charge in [-0.25, -0.2) is 0 Å². The summed E-state index contributed by atoms with van der Waals surface area (Å²) in [5.74, 6) is 0. The first-order valence-corrected chi connectivity index (χ1v) is 7.86. The Labute approximate surface area is 143 Å². The number of halogens is 4. The average Bonchev–Trinajstić information content (AvgIpc) is 2.69. The van der Waals surface area contributed by atoms with E-state index in [0.717, 1.165) is 21.2 Å². The number of rotatable bonds is 1. The standard InChI is InChI=1S/C13H6BrCl3N2S/c14-12-6(15)2-1-3-10(12)19-11-5-8(17)7(16)4-9(11)18-13(19)20/h1-5H,(H,18,20). The third kappa shape index (κ3) is 2.30. The molecule has 1 aromatic heterocycles. The van der Waals surface area contributed by atoms with Gasteiger partial charge in [0.05, 0.1) is 36.3 Å². The molecule has 0 bridgehead atoms. The van der Waals surface area contributed by atoms with Crippen molar-refractivity contribution < 1.29 is 0 Å². The van der Waals surface area contributed by atoms with Crippen LogP contribution in [0.3, 0.4) is 0 Å². The number of fused-ring (bicyclic) bond motifs is 1. The minimum atomic E-state index is 0.472. The molecule has 0 aliphatic carbocycles. The van der Waals surface area contributed by atoms with Gasteiger partial charge in [0.2, 0.25) is 0 Å². The Kier molecular flexibility index (Phi) is 3.86. The van der Waals surface area contributed by atoms with Gasteiger partial charge in [-0.3, -0.25) is 4.57 Å². The van der Waals surface area contributed by atoms with Gasteiger partial charge in [0.15, 0.2) is 4.77 Å². The van der Waals surface area contributed by atoms with Gasteiger partial charge in [0, 0.05) is 0 Å². The van der Waals surface area contributed by atoms with E-state index >= 15 is 0 Å². The van der Waals surface area contributed by atoms with E-state index in [4.69, 9.17) is 47.0 Å². The summed E-state index contributed by atoms with van der Waals surface area (Å²) in [5, 5.41) is 1.56. The number of nitrogens with one attached hydrogen (secondary N) is 1. The fourth-order valence-electron chi connectivity index (χ4n) is 2.01. The maximum absolute atomic E-state index is 6.14. The molecule has 0 spiro atoms. The number of imidazole rings is 1. The van der Waals surface area contributed by atoms with Crippen molar-refractivity contribution in [2.45, 2.75) is 0 Å². The van der Waals surface area contributed by atoms with Crippen LogP contribution in [0.5, 0.6) is 0 Å². The van der Waals surface area contributed by atoms with Gasteiger partial charge < -0.3 is 4.98 Å². The molecule has 2 aromatic carbocycles. The molecule has 1 N–H and O–H groups in total. The van der Waals surface area contributed by atoms with Gasteiger partial charge in [0.1, 0.15) is 0 Å². The van der Waals surface area contributed by atoms with Crippen LogP contribution in [0.4, 0.5) is 0 Å². The predicted molar refractivity (Wildman–Crippen MR) is 91.2 cm³/mol. The summed E-state index contributed by atoms with van der Waals surface area (Å²) in [6, 6.07) is 9.11. The zero-order valence-corrected chi connectivity index (χ0v) is 14.4. The molecule has 102 valence electrons. The summed E-state index contributed by atoms with van der Waals surface area (Å²) < 4.78 is 3.18. The van der Waals surface area contributed by atoms with Crippen LogP contribution in [-0.2, 0) is 0 Å². The molecule has 7 heteroatoms. The topological polar surface area (TPSA) is 20.7 Å². The second kappa shape index (κ2) is 5.35. The number of nitrogens with zero attached hydrogens (tertiary/aromatic N) is 1. The Balaban J connectivity index is 2.42. The number of hydrogen-bond donors (Lipinski definition) is 1. The van der Waals surface area contributed by atoms with Gasteiger partial charge in [-0.15, -0.1) is 0 Å². The molecule has 0 saturated heterocycles. The molecule has 0 atom stereocenters. The summed E-state index contributed by atoms with van der Waals surface area (Å²) >= 11 is 27.1. The van der Waals surface area contributed by atoms with Gasteiger partial charge in [-0.2, -0.15) is 0 Å². The van der Waals surface area contributed by atoms with Crippen molar-refractivity contribution in [2.24, 2.45) is 0 Å². The summed E-state index contributed by atoms with van der Waals surface area (Å²) in [6.07, 6.45) is 0. The van der Waals surface area contributed by atoms with Gasteiger partial charge >= 0.3 is 0 Å². The molecule has 2 nitrogen and oxygen atoms in total. The molecule has 0 aliphatic heterocycles. The van der Waals surface area contributed by atoms with Crippen LogP contribution in [0.15, 0.2) is 34.8 Å². The predicted octanol–water partition coefficient (Wildman–Crippen LogP) is 6.41. The van der Waals surface area contributed by atoms with E-state index in [2.05, 4.69) is 20.9 Å². The van der Waals surface area contributed by atoms with E-state index in [1.54, 1.807) is 18.2 Å². The Bertz CT molecular complexity index is 885. The largest absolute Gasteiger partial charge is 0.330 e. The van der Waals surface area contributed by atoms with Crippen molar-refractivity contribution >= 4 is 74.0 Å². The molecule has 20 heavy (non-hydrogen) atoms. The summed E-state index contributed by atoms with van der Waals surface area (Å²) in [5.41, 5.74) is 2.50. The average molecular weight is 409 g/mol. The first kappa shape index (κ1) is 14.4. The lowest BCUT2D eigenvalue weighted by molar-refractivity contribution is 1.06.